The maximum absolute atomic E-state index is 9.44. The molecular formula is C13H26N2O. The van der Waals surface area contributed by atoms with Gasteiger partial charge in [-0.1, -0.05) is 0 Å². The molecule has 1 unspecified atom stereocenters. The molecule has 0 aromatic heterocycles. The van der Waals surface area contributed by atoms with Crippen LogP contribution in [0.5, 0.6) is 0 Å². The number of hydrogen-bond acceptors (Lipinski definition) is 3. The number of nitrogens with zero attached hydrogens (tertiary/aromatic N) is 1. The number of nitrogens with one attached hydrogen (secondary N) is 1. The highest BCUT2D eigenvalue weighted by atomic mass is 16.3. The molecule has 2 fully saturated rings. The Kier molecular flexibility index (Phi) is 4.62. The second kappa shape index (κ2) is 5.99. The van der Waals surface area contributed by atoms with Crippen LogP contribution in [0.3, 0.4) is 0 Å². The summed E-state index contributed by atoms with van der Waals surface area (Å²) in [4.78, 5) is 2.59. The SMILES string of the molecule is CC(CNC1CCC(O)CC1)N1CCCC1. The van der Waals surface area contributed by atoms with Crippen LogP contribution >= 0.6 is 0 Å². The van der Waals surface area contributed by atoms with Gasteiger partial charge in [-0.2, -0.15) is 0 Å². The lowest BCUT2D eigenvalue weighted by Crippen LogP contribution is -2.43. The summed E-state index contributed by atoms with van der Waals surface area (Å²) in [5, 5.41) is 13.1. The Morgan fingerprint density at radius 1 is 1.19 bits per heavy atom. The van der Waals surface area contributed by atoms with Gasteiger partial charge in [0.1, 0.15) is 0 Å². The highest BCUT2D eigenvalue weighted by Gasteiger charge is 2.21. The van der Waals surface area contributed by atoms with Crippen molar-refractivity contribution in [2.24, 2.45) is 0 Å². The second-order valence-electron chi connectivity index (χ2n) is 5.51. The summed E-state index contributed by atoms with van der Waals surface area (Å²) < 4.78 is 0. The molecule has 2 rings (SSSR count). The van der Waals surface area contributed by atoms with E-state index in [-0.39, 0.29) is 6.10 Å². The maximum atomic E-state index is 9.44. The molecule has 0 radical (unpaired) electrons. The molecular weight excluding hydrogens is 200 g/mol. The third kappa shape index (κ3) is 3.44. The molecule has 2 aliphatic rings. The molecule has 1 saturated heterocycles. The van der Waals surface area contributed by atoms with E-state index in [1.54, 1.807) is 0 Å². The van der Waals surface area contributed by atoms with Gasteiger partial charge in [-0.05, 0) is 58.5 Å². The van der Waals surface area contributed by atoms with Crippen molar-refractivity contribution in [3.05, 3.63) is 0 Å². The van der Waals surface area contributed by atoms with Gasteiger partial charge in [-0.15, -0.1) is 0 Å². The van der Waals surface area contributed by atoms with E-state index in [1.165, 1.54) is 25.9 Å². The fourth-order valence-electron chi connectivity index (χ4n) is 2.93. The summed E-state index contributed by atoms with van der Waals surface area (Å²) in [7, 11) is 0. The topological polar surface area (TPSA) is 35.5 Å². The van der Waals surface area contributed by atoms with Crippen LogP contribution in [-0.4, -0.2) is 47.8 Å². The van der Waals surface area contributed by atoms with Crippen LogP contribution in [0, 0.1) is 0 Å². The molecule has 2 N–H and O–H groups in total. The minimum Gasteiger partial charge on any atom is -0.393 e. The summed E-state index contributed by atoms with van der Waals surface area (Å²) in [6, 6.07) is 1.32. The Morgan fingerprint density at radius 2 is 1.81 bits per heavy atom. The van der Waals surface area contributed by atoms with Gasteiger partial charge in [0.2, 0.25) is 0 Å². The first-order valence-electron chi connectivity index (χ1n) is 6.91. The molecule has 16 heavy (non-hydrogen) atoms. The van der Waals surface area contributed by atoms with E-state index < -0.39 is 0 Å². The number of rotatable bonds is 4. The Bertz CT molecular complexity index is 196. The second-order valence-corrected chi connectivity index (χ2v) is 5.51. The van der Waals surface area contributed by atoms with Crippen LogP contribution in [0.4, 0.5) is 0 Å². The van der Waals surface area contributed by atoms with Crippen molar-refractivity contribution < 1.29 is 5.11 Å². The molecule has 1 aliphatic heterocycles. The monoisotopic (exact) mass is 226 g/mol. The lowest BCUT2D eigenvalue weighted by Gasteiger charge is -2.30. The minimum atomic E-state index is -0.0333. The largest absolute Gasteiger partial charge is 0.393 e. The van der Waals surface area contributed by atoms with E-state index in [0.717, 1.165) is 32.2 Å². The molecule has 0 bridgehead atoms. The Labute approximate surface area is 99.2 Å². The zero-order valence-electron chi connectivity index (χ0n) is 10.5. The van der Waals surface area contributed by atoms with Gasteiger partial charge in [-0.25, -0.2) is 0 Å². The van der Waals surface area contributed by atoms with Crippen molar-refractivity contribution in [3.8, 4) is 0 Å². The van der Waals surface area contributed by atoms with Crippen molar-refractivity contribution >= 4 is 0 Å². The summed E-state index contributed by atoms with van der Waals surface area (Å²) >= 11 is 0. The Hall–Kier alpha value is -0.120. The van der Waals surface area contributed by atoms with Crippen molar-refractivity contribution in [2.75, 3.05) is 19.6 Å². The first-order valence-corrected chi connectivity index (χ1v) is 6.91. The molecule has 3 heteroatoms. The van der Waals surface area contributed by atoms with Crippen LogP contribution in [0.2, 0.25) is 0 Å². The Balaban J connectivity index is 1.62. The molecule has 1 aliphatic carbocycles. The zero-order valence-corrected chi connectivity index (χ0v) is 10.5. The standard InChI is InChI=1S/C13H26N2O/c1-11(15-8-2-3-9-15)10-14-12-4-6-13(16)7-5-12/h11-14,16H,2-10H2,1H3. The fraction of sp³-hybridized carbons (Fsp3) is 1.00. The molecule has 0 aromatic carbocycles. The predicted molar refractivity (Wildman–Crippen MR) is 66.5 cm³/mol. The van der Waals surface area contributed by atoms with Crippen molar-refractivity contribution in [1.29, 1.82) is 0 Å². The highest BCUT2D eigenvalue weighted by Crippen LogP contribution is 2.18. The number of likely N-dealkylation sites (tertiary alicyclic amines) is 1. The molecule has 0 aromatic rings. The fourth-order valence-corrected chi connectivity index (χ4v) is 2.93. The molecule has 1 atom stereocenters. The van der Waals surface area contributed by atoms with Gasteiger partial charge in [-0.3, -0.25) is 4.90 Å². The molecule has 3 nitrogen and oxygen atoms in total. The van der Waals surface area contributed by atoms with Crippen molar-refractivity contribution in [2.45, 2.75) is 63.6 Å². The molecule has 0 amide bonds. The Morgan fingerprint density at radius 3 is 2.44 bits per heavy atom. The highest BCUT2D eigenvalue weighted by molar-refractivity contribution is 4.80. The van der Waals surface area contributed by atoms with Crippen molar-refractivity contribution in [1.82, 2.24) is 10.2 Å². The van der Waals surface area contributed by atoms with E-state index in [1.807, 2.05) is 0 Å². The lowest BCUT2D eigenvalue weighted by atomic mass is 9.93. The van der Waals surface area contributed by atoms with E-state index in [2.05, 4.69) is 17.1 Å². The van der Waals surface area contributed by atoms with E-state index in [0.29, 0.717) is 12.1 Å². The zero-order chi connectivity index (χ0) is 11.4. The maximum Gasteiger partial charge on any atom is 0.0541 e. The summed E-state index contributed by atoms with van der Waals surface area (Å²) in [6.07, 6.45) is 6.97. The van der Waals surface area contributed by atoms with Crippen LogP contribution in [-0.2, 0) is 0 Å². The third-order valence-corrected chi connectivity index (χ3v) is 4.16. The van der Waals surface area contributed by atoms with E-state index in [4.69, 9.17) is 0 Å². The first kappa shape index (κ1) is 12.3. The lowest BCUT2D eigenvalue weighted by molar-refractivity contribution is 0.114. The molecule has 1 heterocycles. The molecule has 0 spiro atoms. The van der Waals surface area contributed by atoms with Gasteiger partial charge in [0, 0.05) is 18.6 Å². The van der Waals surface area contributed by atoms with Crippen LogP contribution in [0.1, 0.15) is 45.4 Å². The smallest absolute Gasteiger partial charge is 0.0541 e. The summed E-state index contributed by atoms with van der Waals surface area (Å²) in [5.74, 6) is 0. The number of aliphatic hydroxyl groups is 1. The van der Waals surface area contributed by atoms with E-state index >= 15 is 0 Å². The van der Waals surface area contributed by atoms with Gasteiger partial charge >= 0.3 is 0 Å². The summed E-state index contributed by atoms with van der Waals surface area (Å²) in [5.41, 5.74) is 0. The molecule has 1 saturated carbocycles. The van der Waals surface area contributed by atoms with Gasteiger partial charge in [0.05, 0.1) is 6.10 Å². The quantitative estimate of drug-likeness (QED) is 0.760. The average Bonchev–Trinajstić information content (AvgIpc) is 2.81. The minimum absolute atomic E-state index is 0.0333. The molecule has 94 valence electrons. The summed E-state index contributed by atoms with van der Waals surface area (Å²) in [6.45, 7) is 6.01. The van der Waals surface area contributed by atoms with Gasteiger partial charge < -0.3 is 10.4 Å². The number of aliphatic hydroxyl groups excluding tert-OH is 1. The van der Waals surface area contributed by atoms with Crippen LogP contribution < -0.4 is 5.32 Å². The van der Waals surface area contributed by atoms with Crippen molar-refractivity contribution in [3.63, 3.8) is 0 Å². The van der Waals surface area contributed by atoms with Crippen LogP contribution in [0.25, 0.3) is 0 Å². The third-order valence-electron chi connectivity index (χ3n) is 4.16. The number of hydrogen-bond donors (Lipinski definition) is 2. The van der Waals surface area contributed by atoms with E-state index in [9.17, 15) is 5.11 Å². The predicted octanol–water partition coefficient (Wildman–Crippen LogP) is 1.36. The normalized spacial score (nSPS) is 34.1. The van der Waals surface area contributed by atoms with Crippen LogP contribution in [0.15, 0.2) is 0 Å². The first-order chi connectivity index (χ1) is 7.75. The average molecular weight is 226 g/mol. The van der Waals surface area contributed by atoms with Gasteiger partial charge in [0.25, 0.3) is 0 Å². The van der Waals surface area contributed by atoms with Gasteiger partial charge in [0.15, 0.2) is 0 Å².